The average Bonchev–Trinajstić information content (AvgIpc) is 1.97. The zero-order chi connectivity index (χ0) is 8.27. The number of pyridine rings is 1. The summed E-state index contributed by atoms with van der Waals surface area (Å²) in [5, 5.41) is 1.16. The van der Waals surface area contributed by atoms with Gasteiger partial charge in [-0.05, 0) is 6.92 Å². The van der Waals surface area contributed by atoms with Gasteiger partial charge in [-0.3, -0.25) is 4.98 Å². The Morgan fingerprint density at radius 1 is 1.27 bits per heavy atom. The molecule has 0 atom stereocenters. The summed E-state index contributed by atoms with van der Waals surface area (Å²) in [7, 11) is 0. The Bertz CT molecular complexity index is 261. The Balaban J connectivity index is 3.20. The highest BCUT2D eigenvalue weighted by molar-refractivity contribution is 6.36. The Labute approximate surface area is 75.7 Å². The topological polar surface area (TPSA) is 12.9 Å². The third-order valence-corrected chi connectivity index (χ3v) is 1.83. The molecule has 0 aliphatic rings. The fraction of sp³-hybridized carbons (Fsp3) is 0.125. The third-order valence-electron chi connectivity index (χ3n) is 1.22. The number of halogens is 2. The molecular weight excluding hydrogens is 181 g/mol. The number of allylic oxidation sites excluding steroid dienone is 1. The molecule has 1 aromatic rings. The van der Waals surface area contributed by atoms with Gasteiger partial charge in [-0.2, -0.15) is 0 Å². The van der Waals surface area contributed by atoms with Crippen molar-refractivity contribution in [2.45, 2.75) is 6.92 Å². The fourth-order valence-corrected chi connectivity index (χ4v) is 1.24. The number of nitrogens with zero attached hydrogens (tertiary/aromatic N) is 1. The molecule has 1 aromatic heterocycles. The van der Waals surface area contributed by atoms with E-state index >= 15 is 0 Å². The molecule has 1 nitrogen and oxygen atoms in total. The van der Waals surface area contributed by atoms with Gasteiger partial charge >= 0.3 is 0 Å². The molecule has 3 heteroatoms. The van der Waals surface area contributed by atoms with Crippen LogP contribution in [0.15, 0.2) is 18.5 Å². The van der Waals surface area contributed by atoms with E-state index in [1.807, 2.05) is 19.1 Å². The lowest BCUT2D eigenvalue weighted by Crippen LogP contribution is -1.79. The van der Waals surface area contributed by atoms with Crippen molar-refractivity contribution >= 4 is 29.3 Å². The van der Waals surface area contributed by atoms with Crippen LogP contribution in [0.2, 0.25) is 10.0 Å². The van der Waals surface area contributed by atoms with Crippen LogP contribution in [-0.2, 0) is 0 Å². The van der Waals surface area contributed by atoms with E-state index < -0.39 is 0 Å². The van der Waals surface area contributed by atoms with Crippen molar-refractivity contribution in [1.82, 2.24) is 4.98 Å². The highest BCUT2D eigenvalue weighted by Gasteiger charge is 2.00. The van der Waals surface area contributed by atoms with Gasteiger partial charge in [0, 0.05) is 18.0 Å². The van der Waals surface area contributed by atoms with Crippen LogP contribution in [0.3, 0.4) is 0 Å². The van der Waals surface area contributed by atoms with E-state index in [4.69, 9.17) is 23.2 Å². The van der Waals surface area contributed by atoms with Gasteiger partial charge < -0.3 is 0 Å². The van der Waals surface area contributed by atoms with E-state index in [0.717, 1.165) is 5.56 Å². The lowest BCUT2D eigenvalue weighted by Gasteiger charge is -1.98. The molecule has 1 heterocycles. The van der Waals surface area contributed by atoms with Crippen molar-refractivity contribution in [2.24, 2.45) is 0 Å². The normalized spacial score (nSPS) is 10.8. The minimum absolute atomic E-state index is 0.579. The number of hydrogen-bond acceptors (Lipinski definition) is 1. The summed E-state index contributed by atoms with van der Waals surface area (Å²) in [5.41, 5.74) is 0.825. The second-order valence-electron chi connectivity index (χ2n) is 2.02. The highest BCUT2D eigenvalue weighted by atomic mass is 35.5. The van der Waals surface area contributed by atoms with Gasteiger partial charge in [0.05, 0.1) is 10.0 Å². The molecule has 0 unspecified atom stereocenters. The molecule has 0 N–H and O–H groups in total. The van der Waals surface area contributed by atoms with Crippen molar-refractivity contribution < 1.29 is 0 Å². The van der Waals surface area contributed by atoms with Crippen LogP contribution in [0.1, 0.15) is 12.5 Å². The molecule has 0 amide bonds. The van der Waals surface area contributed by atoms with Gasteiger partial charge in [-0.1, -0.05) is 35.4 Å². The molecule has 0 radical (unpaired) electrons. The van der Waals surface area contributed by atoms with E-state index in [0.29, 0.717) is 10.0 Å². The first-order chi connectivity index (χ1) is 5.25. The van der Waals surface area contributed by atoms with Gasteiger partial charge in [0.1, 0.15) is 0 Å². The molecule has 0 aliphatic heterocycles. The maximum absolute atomic E-state index is 5.81. The number of hydrogen-bond donors (Lipinski definition) is 0. The highest BCUT2D eigenvalue weighted by Crippen LogP contribution is 2.23. The SMILES string of the molecule is C/C=C/c1c(Cl)cncc1Cl. The Hall–Kier alpha value is -0.530. The van der Waals surface area contributed by atoms with E-state index in [-0.39, 0.29) is 0 Å². The first-order valence-corrected chi connectivity index (χ1v) is 3.93. The van der Waals surface area contributed by atoms with E-state index in [9.17, 15) is 0 Å². The Morgan fingerprint density at radius 2 is 1.82 bits per heavy atom. The van der Waals surface area contributed by atoms with Gasteiger partial charge in [-0.15, -0.1) is 0 Å². The summed E-state index contributed by atoms with van der Waals surface area (Å²) < 4.78 is 0. The lowest BCUT2D eigenvalue weighted by molar-refractivity contribution is 1.32. The molecule has 0 spiro atoms. The molecule has 0 saturated heterocycles. The van der Waals surface area contributed by atoms with Gasteiger partial charge in [0.2, 0.25) is 0 Å². The third kappa shape index (κ3) is 1.95. The maximum Gasteiger partial charge on any atom is 0.0676 e. The van der Waals surface area contributed by atoms with Crippen molar-refractivity contribution in [3.05, 3.63) is 34.1 Å². The average molecular weight is 188 g/mol. The van der Waals surface area contributed by atoms with E-state index in [1.165, 1.54) is 0 Å². The smallest absolute Gasteiger partial charge is 0.0676 e. The molecule has 0 aromatic carbocycles. The van der Waals surface area contributed by atoms with Gasteiger partial charge in [0.15, 0.2) is 0 Å². The first kappa shape index (κ1) is 8.57. The molecule has 11 heavy (non-hydrogen) atoms. The van der Waals surface area contributed by atoms with Crippen LogP contribution in [0.5, 0.6) is 0 Å². The fourth-order valence-electron chi connectivity index (χ4n) is 0.747. The molecular formula is C8H7Cl2N. The van der Waals surface area contributed by atoms with Crippen LogP contribution in [0, 0.1) is 0 Å². The van der Waals surface area contributed by atoms with Crippen LogP contribution >= 0.6 is 23.2 Å². The zero-order valence-electron chi connectivity index (χ0n) is 6.01. The van der Waals surface area contributed by atoms with E-state index in [2.05, 4.69) is 4.98 Å². The Kier molecular flexibility index (Phi) is 2.92. The summed E-state index contributed by atoms with van der Waals surface area (Å²) in [5.74, 6) is 0. The standard InChI is InChI=1S/C8H7Cl2N/c1-2-3-6-7(9)4-11-5-8(6)10/h2-5H,1H3/b3-2+. The summed E-state index contributed by atoms with van der Waals surface area (Å²) in [6.07, 6.45) is 6.88. The van der Waals surface area contributed by atoms with Gasteiger partial charge in [0.25, 0.3) is 0 Å². The summed E-state index contributed by atoms with van der Waals surface area (Å²) >= 11 is 11.6. The zero-order valence-corrected chi connectivity index (χ0v) is 7.52. The maximum atomic E-state index is 5.81. The second kappa shape index (κ2) is 3.74. The predicted octanol–water partition coefficient (Wildman–Crippen LogP) is 3.42. The first-order valence-electron chi connectivity index (χ1n) is 3.17. The summed E-state index contributed by atoms with van der Waals surface area (Å²) in [6, 6.07) is 0. The number of rotatable bonds is 1. The molecule has 0 bridgehead atoms. The number of aromatic nitrogens is 1. The predicted molar refractivity (Wildman–Crippen MR) is 49.0 cm³/mol. The van der Waals surface area contributed by atoms with Crippen LogP contribution in [0.25, 0.3) is 6.08 Å². The molecule has 0 saturated carbocycles. The lowest BCUT2D eigenvalue weighted by atomic mass is 10.2. The van der Waals surface area contributed by atoms with Crippen LogP contribution < -0.4 is 0 Å². The molecule has 0 aliphatic carbocycles. The summed E-state index contributed by atoms with van der Waals surface area (Å²) in [6.45, 7) is 1.91. The van der Waals surface area contributed by atoms with Crippen molar-refractivity contribution in [2.75, 3.05) is 0 Å². The van der Waals surface area contributed by atoms with Gasteiger partial charge in [-0.25, -0.2) is 0 Å². The van der Waals surface area contributed by atoms with Crippen molar-refractivity contribution in [3.8, 4) is 0 Å². The molecule has 58 valence electrons. The van der Waals surface area contributed by atoms with Crippen molar-refractivity contribution in [3.63, 3.8) is 0 Å². The monoisotopic (exact) mass is 187 g/mol. The molecule has 0 fully saturated rings. The molecule has 1 rings (SSSR count). The minimum atomic E-state index is 0.579. The minimum Gasteiger partial charge on any atom is -0.262 e. The van der Waals surface area contributed by atoms with Crippen LogP contribution in [0.4, 0.5) is 0 Å². The summed E-state index contributed by atoms with van der Waals surface area (Å²) in [4.78, 5) is 3.83. The van der Waals surface area contributed by atoms with Crippen molar-refractivity contribution in [1.29, 1.82) is 0 Å². The second-order valence-corrected chi connectivity index (χ2v) is 2.83. The van der Waals surface area contributed by atoms with E-state index in [1.54, 1.807) is 12.4 Å². The quantitative estimate of drug-likeness (QED) is 0.657. The van der Waals surface area contributed by atoms with Crippen LogP contribution in [-0.4, -0.2) is 4.98 Å². The largest absolute Gasteiger partial charge is 0.262 e. The Morgan fingerprint density at radius 3 is 2.27 bits per heavy atom.